The van der Waals surface area contributed by atoms with Crippen LogP contribution in [0.4, 0.5) is 0 Å². The number of hydrogen-bond donors (Lipinski definition) is 3. The molecule has 3 N–H and O–H groups in total. The van der Waals surface area contributed by atoms with Gasteiger partial charge in [-0.1, -0.05) is 30.3 Å². The zero-order valence-electron chi connectivity index (χ0n) is 19.5. The molecule has 2 aromatic heterocycles. The second-order valence-corrected chi connectivity index (χ2v) is 8.79. The number of likely N-dealkylation sites (tertiary alicyclic amines) is 1. The van der Waals surface area contributed by atoms with Crippen LogP contribution in [0.25, 0.3) is 33.4 Å². The molecule has 5 rings (SSSR count). The van der Waals surface area contributed by atoms with Crippen LogP contribution in [0.3, 0.4) is 0 Å². The van der Waals surface area contributed by atoms with E-state index in [4.69, 9.17) is 4.74 Å². The summed E-state index contributed by atoms with van der Waals surface area (Å²) in [5, 5.41) is 28.8. The van der Waals surface area contributed by atoms with E-state index >= 15 is 0 Å². The van der Waals surface area contributed by atoms with E-state index in [1.54, 1.807) is 24.3 Å². The summed E-state index contributed by atoms with van der Waals surface area (Å²) in [6, 6.07) is 16.8. The van der Waals surface area contributed by atoms with Gasteiger partial charge in [0.25, 0.3) is 5.91 Å². The van der Waals surface area contributed by atoms with E-state index in [9.17, 15) is 15.0 Å². The van der Waals surface area contributed by atoms with Crippen molar-refractivity contribution in [1.82, 2.24) is 20.1 Å². The number of ether oxygens (including phenoxy) is 1. The van der Waals surface area contributed by atoms with Gasteiger partial charge >= 0.3 is 0 Å². The highest BCUT2D eigenvalue weighted by Crippen LogP contribution is 2.35. The summed E-state index contributed by atoms with van der Waals surface area (Å²) in [6.07, 6.45) is 3.03. The number of aromatic amines is 1. The highest BCUT2D eigenvalue weighted by Gasteiger charge is 2.31. The predicted octanol–water partition coefficient (Wildman–Crippen LogP) is 3.71. The number of fused-ring (bicyclic) bond motifs is 1. The number of para-hydroxylation sites is 1. The third-order valence-electron chi connectivity index (χ3n) is 6.68. The summed E-state index contributed by atoms with van der Waals surface area (Å²) in [4.78, 5) is 19.2. The molecule has 0 aliphatic carbocycles. The lowest BCUT2D eigenvalue weighted by atomic mass is 9.97. The van der Waals surface area contributed by atoms with Gasteiger partial charge in [0.15, 0.2) is 11.8 Å². The van der Waals surface area contributed by atoms with Gasteiger partial charge in [0, 0.05) is 29.3 Å². The third-order valence-corrected chi connectivity index (χ3v) is 6.68. The largest absolute Gasteiger partial charge is 0.496 e. The first-order chi connectivity index (χ1) is 17.1. The topological polar surface area (TPSA) is 112 Å². The summed E-state index contributed by atoms with van der Waals surface area (Å²) in [6.45, 7) is 0.455. The molecular formula is C27H28N4O4. The van der Waals surface area contributed by atoms with Gasteiger partial charge in [-0.2, -0.15) is 5.10 Å². The van der Waals surface area contributed by atoms with Crippen molar-refractivity contribution in [1.29, 1.82) is 0 Å². The maximum atomic E-state index is 13.0. The Kier molecular flexibility index (Phi) is 6.48. The predicted molar refractivity (Wildman–Crippen MR) is 133 cm³/mol. The number of methoxy groups -OCH3 is 1. The number of amides is 1. The molecule has 1 fully saturated rings. The van der Waals surface area contributed by atoms with E-state index in [1.165, 1.54) is 0 Å². The number of piperidine rings is 1. The van der Waals surface area contributed by atoms with Gasteiger partial charge in [0.1, 0.15) is 5.75 Å². The average molecular weight is 473 g/mol. The molecule has 2 atom stereocenters. The summed E-state index contributed by atoms with van der Waals surface area (Å²) in [5.74, 6) is 0.355. The molecule has 1 saturated heterocycles. The van der Waals surface area contributed by atoms with Crippen LogP contribution in [0.5, 0.6) is 5.75 Å². The van der Waals surface area contributed by atoms with Crippen molar-refractivity contribution in [3.8, 4) is 28.1 Å². The Morgan fingerprint density at radius 3 is 2.86 bits per heavy atom. The van der Waals surface area contributed by atoms with Crippen molar-refractivity contribution in [3.05, 3.63) is 66.4 Å². The monoisotopic (exact) mass is 472 g/mol. The standard InChI is InChI=1S/C27H28N4O4/c1-35-23-11-3-2-10-21(23)24-22-14-19(15-28-26(22)30-29-24)17-7-6-8-18(13-17)25(33)27(34)31-12-5-4-9-20(31)16-32/h2-3,6-8,10-11,13-15,20,25,32-33H,4-5,9,12,16H2,1H3,(H,28,29,30). The molecule has 0 saturated carbocycles. The number of hydrogen-bond acceptors (Lipinski definition) is 6. The number of carbonyl (C=O) groups excluding carboxylic acids is 1. The van der Waals surface area contributed by atoms with Crippen LogP contribution in [0.1, 0.15) is 30.9 Å². The second kappa shape index (κ2) is 9.85. The maximum absolute atomic E-state index is 13.0. The highest BCUT2D eigenvalue weighted by molar-refractivity contribution is 5.94. The van der Waals surface area contributed by atoms with E-state index in [2.05, 4.69) is 15.2 Å². The number of pyridine rings is 1. The van der Waals surface area contributed by atoms with Gasteiger partial charge in [-0.05, 0) is 54.7 Å². The minimum absolute atomic E-state index is 0.0938. The van der Waals surface area contributed by atoms with Gasteiger partial charge in [0.05, 0.1) is 25.5 Å². The molecule has 180 valence electrons. The van der Waals surface area contributed by atoms with Crippen LogP contribution in [0, 0.1) is 0 Å². The summed E-state index contributed by atoms with van der Waals surface area (Å²) in [5.41, 5.74) is 4.44. The molecule has 0 radical (unpaired) electrons. The van der Waals surface area contributed by atoms with Gasteiger partial charge in [-0.3, -0.25) is 9.89 Å². The van der Waals surface area contributed by atoms with E-state index in [-0.39, 0.29) is 18.6 Å². The minimum atomic E-state index is -1.29. The smallest absolute Gasteiger partial charge is 0.256 e. The van der Waals surface area contributed by atoms with E-state index < -0.39 is 6.10 Å². The average Bonchev–Trinajstić information content (AvgIpc) is 3.35. The van der Waals surface area contributed by atoms with Crippen molar-refractivity contribution >= 4 is 16.9 Å². The normalized spacial score (nSPS) is 16.9. The Morgan fingerprint density at radius 1 is 1.17 bits per heavy atom. The molecule has 3 heterocycles. The Balaban J connectivity index is 1.48. The van der Waals surface area contributed by atoms with Gasteiger partial charge in [0.2, 0.25) is 0 Å². The summed E-state index contributed by atoms with van der Waals surface area (Å²) in [7, 11) is 1.63. The molecule has 1 aliphatic rings. The van der Waals surface area contributed by atoms with Crippen LogP contribution in [0.15, 0.2) is 60.8 Å². The lowest BCUT2D eigenvalue weighted by Crippen LogP contribution is -2.47. The first-order valence-electron chi connectivity index (χ1n) is 11.8. The fourth-order valence-corrected chi connectivity index (χ4v) is 4.78. The fraction of sp³-hybridized carbons (Fsp3) is 0.296. The molecule has 2 unspecified atom stereocenters. The first-order valence-corrected chi connectivity index (χ1v) is 11.8. The molecule has 4 aromatic rings. The number of aromatic nitrogens is 3. The Morgan fingerprint density at radius 2 is 2.03 bits per heavy atom. The zero-order chi connectivity index (χ0) is 24.4. The van der Waals surface area contributed by atoms with Crippen molar-refractivity contribution < 1.29 is 19.7 Å². The molecule has 2 aromatic carbocycles. The lowest BCUT2D eigenvalue weighted by molar-refractivity contribution is -0.145. The molecule has 0 spiro atoms. The lowest BCUT2D eigenvalue weighted by Gasteiger charge is -2.36. The molecule has 1 amide bonds. The molecule has 0 bridgehead atoms. The van der Waals surface area contributed by atoms with Gasteiger partial charge in [-0.25, -0.2) is 4.98 Å². The first kappa shape index (κ1) is 23.0. The van der Waals surface area contributed by atoms with Crippen LogP contribution in [-0.4, -0.2) is 62.5 Å². The molecule has 8 nitrogen and oxygen atoms in total. The highest BCUT2D eigenvalue weighted by atomic mass is 16.5. The molecule has 8 heteroatoms. The number of carbonyl (C=O) groups is 1. The number of benzene rings is 2. The van der Waals surface area contributed by atoms with Crippen molar-refractivity contribution in [2.24, 2.45) is 0 Å². The van der Waals surface area contributed by atoms with Crippen molar-refractivity contribution in [3.63, 3.8) is 0 Å². The number of aliphatic hydroxyl groups excluding tert-OH is 2. The SMILES string of the molecule is COc1ccccc1-c1[nH]nc2ncc(-c3cccc(C(O)C(=O)N4CCCCC4CO)c3)cc12. The van der Waals surface area contributed by atoms with Crippen LogP contribution in [-0.2, 0) is 4.79 Å². The van der Waals surface area contributed by atoms with Gasteiger partial charge in [-0.15, -0.1) is 0 Å². The summed E-state index contributed by atoms with van der Waals surface area (Å²) < 4.78 is 5.52. The number of H-pyrrole nitrogens is 1. The van der Waals surface area contributed by atoms with E-state index in [1.807, 2.05) is 48.5 Å². The Hall–Kier alpha value is -3.75. The zero-order valence-corrected chi connectivity index (χ0v) is 19.5. The van der Waals surface area contributed by atoms with Crippen LogP contribution >= 0.6 is 0 Å². The molecule has 35 heavy (non-hydrogen) atoms. The second-order valence-electron chi connectivity index (χ2n) is 8.79. The van der Waals surface area contributed by atoms with Crippen LogP contribution < -0.4 is 4.74 Å². The third kappa shape index (κ3) is 4.38. The van der Waals surface area contributed by atoms with Crippen molar-refractivity contribution in [2.75, 3.05) is 20.3 Å². The Bertz CT molecular complexity index is 1350. The minimum Gasteiger partial charge on any atom is -0.496 e. The van der Waals surface area contributed by atoms with Crippen LogP contribution in [0.2, 0.25) is 0 Å². The number of nitrogens with zero attached hydrogens (tertiary/aromatic N) is 3. The fourth-order valence-electron chi connectivity index (χ4n) is 4.78. The van der Waals surface area contributed by atoms with E-state index in [0.29, 0.717) is 17.8 Å². The molecule has 1 aliphatic heterocycles. The Labute approximate surface area is 203 Å². The summed E-state index contributed by atoms with van der Waals surface area (Å²) >= 11 is 0. The maximum Gasteiger partial charge on any atom is 0.256 e. The van der Waals surface area contributed by atoms with E-state index in [0.717, 1.165) is 52.8 Å². The number of nitrogens with one attached hydrogen (secondary N) is 1. The number of rotatable bonds is 6. The molecular weight excluding hydrogens is 444 g/mol. The quantitative estimate of drug-likeness (QED) is 0.395. The van der Waals surface area contributed by atoms with Gasteiger partial charge < -0.3 is 19.8 Å². The van der Waals surface area contributed by atoms with Crippen molar-refractivity contribution in [2.45, 2.75) is 31.4 Å². The number of aliphatic hydroxyl groups is 2.